The van der Waals surface area contributed by atoms with Crippen LogP contribution >= 0.6 is 0 Å². The van der Waals surface area contributed by atoms with Crippen LogP contribution in [0.4, 0.5) is 0 Å². The van der Waals surface area contributed by atoms with Crippen molar-refractivity contribution in [1.29, 1.82) is 0 Å². The number of unbranched alkanes of at least 4 members (excludes halogenated alkanes) is 1. The van der Waals surface area contributed by atoms with E-state index in [1.165, 1.54) is 18.9 Å². The van der Waals surface area contributed by atoms with Gasteiger partial charge in [0.05, 0.1) is 12.1 Å². The third kappa shape index (κ3) is 6.31. The van der Waals surface area contributed by atoms with Crippen LogP contribution in [0, 0.1) is 5.41 Å². The van der Waals surface area contributed by atoms with E-state index >= 15 is 0 Å². The van der Waals surface area contributed by atoms with E-state index in [0.29, 0.717) is 6.04 Å². The lowest BCUT2D eigenvalue weighted by molar-refractivity contribution is -0.124. The number of amidine groups is 1. The Morgan fingerprint density at radius 2 is 2.14 bits per heavy atom. The quantitative estimate of drug-likeness (QED) is 0.360. The third-order valence-electron chi connectivity index (χ3n) is 5.07. The number of allylic oxidation sites excluding steroid dienone is 3. The topological polar surface area (TPSA) is 68.2 Å². The van der Waals surface area contributed by atoms with E-state index in [1.54, 1.807) is 11.6 Å². The Hall–Kier alpha value is -1.92. The minimum absolute atomic E-state index is 0.264. The van der Waals surface area contributed by atoms with Gasteiger partial charge < -0.3 is 9.80 Å². The molecule has 0 saturated carbocycles. The Kier molecular flexibility index (Phi) is 8.01. The monoisotopic (exact) mass is 388 g/mol. The van der Waals surface area contributed by atoms with Crippen molar-refractivity contribution in [3.05, 3.63) is 36.1 Å². The number of nitrogens with zero attached hydrogens (tertiary/aromatic N) is 3. The molecule has 0 bridgehead atoms. The van der Waals surface area contributed by atoms with Gasteiger partial charge in [0.1, 0.15) is 5.84 Å². The number of amides is 1. The largest absolute Gasteiger partial charge is 0.327 e. The first-order valence-electron chi connectivity index (χ1n) is 10.4. The number of hydroxylamine groups is 1. The molecule has 0 aromatic carbocycles. The van der Waals surface area contributed by atoms with Gasteiger partial charge in [-0.1, -0.05) is 47.5 Å². The lowest BCUT2D eigenvalue weighted by Gasteiger charge is -2.36. The zero-order valence-electron chi connectivity index (χ0n) is 18.0. The van der Waals surface area contributed by atoms with Crippen molar-refractivity contribution in [2.45, 2.75) is 66.0 Å². The van der Waals surface area contributed by atoms with Gasteiger partial charge in [-0.3, -0.25) is 15.0 Å². The SMILES string of the molecule is CCCCC1N=C2C=C(/C=C/C(=O)NO)C=CN2C1CN(CC)CC(C)(C)C. The van der Waals surface area contributed by atoms with Crippen LogP contribution in [0.1, 0.15) is 53.9 Å². The number of rotatable bonds is 9. The van der Waals surface area contributed by atoms with E-state index in [-0.39, 0.29) is 11.5 Å². The number of hydrogen-bond acceptors (Lipinski definition) is 5. The summed E-state index contributed by atoms with van der Waals surface area (Å²) in [6.45, 7) is 14.4. The molecule has 28 heavy (non-hydrogen) atoms. The molecule has 1 amide bonds. The first-order chi connectivity index (χ1) is 13.3. The van der Waals surface area contributed by atoms with Crippen LogP contribution in [0.3, 0.4) is 0 Å². The van der Waals surface area contributed by atoms with Gasteiger partial charge in [0.15, 0.2) is 0 Å². The van der Waals surface area contributed by atoms with Gasteiger partial charge in [0.2, 0.25) is 0 Å². The first-order valence-corrected chi connectivity index (χ1v) is 10.4. The number of nitrogens with one attached hydrogen (secondary N) is 1. The predicted molar refractivity (Wildman–Crippen MR) is 114 cm³/mol. The average molecular weight is 389 g/mol. The Bertz CT molecular complexity index is 658. The average Bonchev–Trinajstić information content (AvgIpc) is 2.99. The number of carbonyl (C=O) groups excluding carboxylic acids is 1. The first kappa shape index (κ1) is 22.4. The van der Waals surface area contributed by atoms with E-state index in [0.717, 1.165) is 37.5 Å². The molecule has 0 fully saturated rings. The fourth-order valence-electron chi connectivity index (χ4n) is 3.77. The minimum Gasteiger partial charge on any atom is -0.327 e. The second-order valence-corrected chi connectivity index (χ2v) is 8.83. The van der Waals surface area contributed by atoms with Gasteiger partial charge in [-0.05, 0) is 42.2 Å². The summed E-state index contributed by atoms with van der Waals surface area (Å²) in [6.07, 6.45) is 12.5. The molecule has 2 aliphatic rings. The van der Waals surface area contributed by atoms with Crippen molar-refractivity contribution in [2.75, 3.05) is 19.6 Å². The zero-order chi connectivity index (χ0) is 20.7. The number of fused-ring (bicyclic) bond motifs is 1. The molecule has 6 heteroatoms. The summed E-state index contributed by atoms with van der Waals surface area (Å²) < 4.78 is 0. The highest BCUT2D eigenvalue weighted by Gasteiger charge is 2.36. The molecule has 6 nitrogen and oxygen atoms in total. The minimum atomic E-state index is -0.537. The van der Waals surface area contributed by atoms with E-state index in [9.17, 15) is 4.79 Å². The molecule has 2 unspecified atom stereocenters. The molecule has 2 N–H and O–H groups in total. The zero-order valence-corrected chi connectivity index (χ0v) is 18.0. The Labute approximate surface area is 169 Å². The maximum absolute atomic E-state index is 11.2. The lowest BCUT2D eigenvalue weighted by Crippen LogP contribution is -2.47. The standard InChI is InChI=1S/C22H36N4O2/c1-6-8-9-18-19(15-25(7-2)16-22(3,4)5)26-13-12-17(14-20(26)23-18)10-11-21(27)24-28/h10-14,18-19,28H,6-9,15-16H2,1-5H3,(H,24,27)/b11-10+. The molecular formula is C22H36N4O2. The molecular weight excluding hydrogens is 352 g/mol. The summed E-state index contributed by atoms with van der Waals surface area (Å²) in [5.74, 6) is 0.425. The van der Waals surface area contributed by atoms with Crippen LogP contribution < -0.4 is 5.48 Å². The van der Waals surface area contributed by atoms with Crippen molar-refractivity contribution in [3.63, 3.8) is 0 Å². The van der Waals surface area contributed by atoms with Crippen molar-refractivity contribution in [3.8, 4) is 0 Å². The Morgan fingerprint density at radius 1 is 1.39 bits per heavy atom. The van der Waals surface area contributed by atoms with Crippen molar-refractivity contribution >= 4 is 11.7 Å². The summed E-state index contributed by atoms with van der Waals surface area (Å²) in [5, 5.41) is 8.63. The van der Waals surface area contributed by atoms with Crippen molar-refractivity contribution < 1.29 is 10.0 Å². The number of aliphatic imine (C=N–C) groups is 1. The van der Waals surface area contributed by atoms with Gasteiger partial charge in [-0.2, -0.15) is 0 Å². The van der Waals surface area contributed by atoms with Gasteiger partial charge in [0.25, 0.3) is 5.91 Å². The third-order valence-corrected chi connectivity index (χ3v) is 5.07. The van der Waals surface area contributed by atoms with Crippen LogP contribution in [-0.4, -0.2) is 58.5 Å². The molecule has 0 aromatic rings. The normalized spacial score (nSPS) is 21.9. The van der Waals surface area contributed by atoms with Gasteiger partial charge in [-0.15, -0.1) is 0 Å². The summed E-state index contributed by atoms with van der Waals surface area (Å²) in [5.41, 5.74) is 2.77. The van der Waals surface area contributed by atoms with Gasteiger partial charge in [0, 0.05) is 25.4 Å². The van der Waals surface area contributed by atoms with Crippen LogP contribution in [0.2, 0.25) is 0 Å². The van der Waals surface area contributed by atoms with Crippen LogP contribution in [0.15, 0.2) is 41.1 Å². The predicted octanol–water partition coefficient (Wildman–Crippen LogP) is 3.51. The summed E-state index contributed by atoms with van der Waals surface area (Å²) in [7, 11) is 0. The second kappa shape index (κ2) is 10.0. The molecule has 0 saturated heterocycles. The fourth-order valence-corrected chi connectivity index (χ4v) is 3.77. The smallest absolute Gasteiger partial charge is 0.267 e. The van der Waals surface area contributed by atoms with E-state index in [1.807, 2.05) is 12.2 Å². The Morgan fingerprint density at radius 3 is 2.75 bits per heavy atom. The number of likely N-dealkylation sites (N-methyl/N-ethyl adjacent to an activating group) is 1. The maximum Gasteiger partial charge on any atom is 0.267 e. The van der Waals surface area contributed by atoms with Crippen molar-refractivity contribution in [2.24, 2.45) is 10.4 Å². The van der Waals surface area contributed by atoms with E-state index in [4.69, 9.17) is 10.2 Å². The Balaban J connectivity index is 2.17. The summed E-state index contributed by atoms with van der Waals surface area (Å²) >= 11 is 0. The highest BCUT2D eigenvalue weighted by molar-refractivity contribution is 5.98. The van der Waals surface area contributed by atoms with E-state index < -0.39 is 5.91 Å². The fraction of sp³-hybridized carbons (Fsp3) is 0.636. The molecule has 156 valence electrons. The maximum atomic E-state index is 11.2. The molecule has 0 radical (unpaired) electrons. The molecule has 2 heterocycles. The highest BCUT2D eigenvalue weighted by Crippen LogP contribution is 2.28. The van der Waals surface area contributed by atoms with Crippen LogP contribution in [-0.2, 0) is 4.79 Å². The highest BCUT2D eigenvalue weighted by atomic mass is 16.5. The van der Waals surface area contributed by atoms with Crippen LogP contribution in [0.25, 0.3) is 0 Å². The summed E-state index contributed by atoms with van der Waals surface area (Å²) in [4.78, 5) is 21.1. The molecule has 0 aliphatic carbocycles. The molecule has 0 aromatic heterocycles. The summed E-state index contributed by atoms with van der Waals surface area (Å²) in [6, 6.07) is 0.622. The molecule has 2 aliphatic heterocycles. The van der Waals surface area contributed by atoms with Gasteiger partial charge in [-0.25, -0.2) is 5.48 Å². The molecule has 0 spiro atoms. The van der Waals surface area contributed by atoms with Gasteiger partial charge >= 0.3 is 0 Å². The molecule has 2 atom stereocenters. The number of carbonyl (C=O) groups is 1. The van der Waals surface area contributed by atoms with E-state index in [2.05, 4.69) is 50.6 Å². The van der Waals surface area contributed by atoms with Crippen LogP contribution in [0.5, 0.6) is 0 Å². The van der Waals surface area contributed by atoms with Crippen molar-refractivity contribution in [1.82, 2.24) is 15.3 Å². The lowest BCUT2D eigenvalue weighted by atomic mass is 9.95. The second-order valence-electron chi connectivity index (χ2n) is 8.83. The number of hydrogen-bond donors (Lipinski definition) is 2. The molecule has 2 rings (SSSR count).